The molecule has 1 aliphatic rings. The van der Waals surface area contributed by atoms with E-state index in [4.69, 9.17) is 0 Å². The maximum Gasteiger partial charge on any atom is 0.269 e. The van der Waals surface area contributed by atoms with Gasteiger partial charge in [-0.3, -0.25) is 14.9 Å². The second kappa shape index (κ2) is 9.54. The standard InChI is InChI=1S/C19H20FN3O5S2/c20-15-2-8-18(9-3-15)30(27,28)22-11-1-10-21(12-13-22)19(24)14-29-17-6-4-16(5-7-17)23(25)26/h2-9H,1,10-14H2. The van der Waals surface area contributed by atoms with Crippen molar-refractivity contribution in [2.24, 2.45) is 0 Å². The van der Waals surface area contributed by atoms with Crippen molar-refractivity contribution in [2.45, 2.75) is 16.2 Å². The first-order valence-electron chi connectivity index (χ1n) is 9.18. The van der Waals surface area contributed by atoms with Crippen LogP contribution in [0.2, 0.25) is 0 Å². The van der Waals surface area contributed by atoms with E-state index in [2.05, 4.69) is 0 Å². The van der Waals surface area contributed by atoms with Gasteiger partial charge in [-0.2, -0.15) is 4.31 Å². The number of rotatable bonds is 6. The Morgan fingerprint density at radius 3 is 2.33 bits per heavy atom. The molecule has 1 amide bonds. The monoisotopic (exact) mass is 453 g/mol. The van der Waals surface area contributed by atoms with E-state index in [1.807, 2.05) is 0 Å². The van der Waals surface area contributed by atoms with E-state index in [-0.39, 0.29) is 41.9 Å². The summed E-state index contributed by atoms with van der Waals surface area (Å²) in [7, 11) is -3.75. The zero-order chi connectivity index (χ0) is 21.7. The van der Waals surface area contributed by atoms with Crippen LogP contribution in [0.25, 0.3) is 0 Å². The number of hydrogen-bond donors (Lipinski definition) is 0. The van der Waals surface area contributed by atoms with Crippen LogP contribution >= 0.6 is 11.8 Å². The number of carbonyl (C=O) groups is 1. The fraction of sp³-hybridized carbons (Fsp3) is 0.316. The topological polar surface area (TPSA) is 101 Å². The Bertz CT molecular complexity index is 1010. The molecule has 0 aliphatic carbocycles. The number of non-ortho nitro benzene ring substituents is 1. The van der Waals surface area contributed by atoms with Crippen molar-refractivity contribution in [2.75, 3.05) is 31.9 Å². The number of benzene rings is 2. The van der Waals surface area contributed by atoms with Gasteiger partial charge in [0.15, 0.2) is 0 Å². The molecule has 0 atom stereocenters. The number of carbonyl (C=O) groups excluding carboxylic acids is 1. The fourth-order valence-corrected chi connectivity index (χ4v) is 5.31. The number of amides is 1. The molecule has 1 fully saturated rings. The molecule has 0 radical (unpaired) electrons. The number of thioether (sulfide) groups is 1. The van der Waals surface area contributed by atoms with E-state index in [1.165, 1.54) is 40.3 Å². The largest absolute Gasteiger partial charge is 0.341 e. The SMILES string of the molecule is O=C(CSc1ccc([N+](=O)[O-])cc1)N1CCCN(S(=O)(=O)c2ccc(F)cc2)CC1. The normalized spacial score (nSPS) is 15.6. The third kappa shape index (κ3) is 5.35. The quantitative estimate of drug-likeness (QED) is 0.379. The molecule has 0 bridgehead atoms. The van der Waals surface area contributed by atoms with Crippen molar-refractivity contribution in [3.63, 3.8) is 0 Å². The Labute approximate surface area is 177 Å². The average Bonchev–Trinajstić information content (AvgIpc) is 2.99. The van der Waals surface area contributed by atoms with E-state index < -0.39 is 20.8 Å². The lowest BCUT2D eigenvalue weighted by molar-refractivity contribution is -0.384. The second-order valence-electron chi connectivity index (χ2n) is 6.63. The summed E-state index contributed by atoms with van der Waals surface area (Å²) >= 11 is 1.27. The average molecular weight is 454 g/mol. The van der Waals surface area contributed by atoms with Gasteiger partial charge in [-0.15, -0.1) is 11.8 Å². The van der Waals surface area contributed by atoms with Crippen molar-refractivity contribution in [1.82, 2.24) is 9.21 Å². The van der Waals surface area contributed by atoms with Crippen LogP contribution < -0.4 is 0 Å². The Kier molecular flexibility index (Phi) is 7.06. The highest BCUT2D eigenvalue weighted by atomic mass is 32.2. The molecule has 2 aromatic carbocycles. The Morgan fingerprint density at radius 1 is 1.03 bits per heavy atom. The summed E-state index contributed by atoms with van der Waals surface area (Å²) in [6, 6.07) is 10.6. The van der Waals surface area contributed by atoms with Gasteiger partial charge < -0.3 is 4.90 Å². The predicted octanol–water partition coefficient (Wildman–Crippen LogP) is 2.75. The third-order valence-electron chi connectivity index (χ3n) is 4.67. The number of hydrogen-bond acceptors (Lipinski definition) is 6. The summed E-state index contributed by atoms with van der Waals surface area (Å²) in [4.78, 5) is 25.2. The predicted molar refractivity (Wildman–Crippen MR) is 110 cm³/mol. The Morgan fingerprint density at radius 2 is 1.70 bits per heavy atom. The number of nitrogens with zero attached hydrogens (tertiary/aromatic N) is 3. The van der Waals surface area contributed by atoms with E-state index in [0.717, 1.165) is 17.0 Å². The maximum absolute atomic E-state index is 13.1. The lowest BCUT2D eigenvalue weighted by Gasteiger charge is -2.22. The molecule has 0 saturated carbocycles. The molecule has 11 heteroatoms. The van der Waals surface area contributed by atoms with Crippen LogP contribution in [0.5, 0.6) is 0 Å². The highest BCUT2D eigenvalue weighted by molar-refractivity contribution is 8.00. The van der Waals surface area contributed by atoms with Gasteiger partial charge in [0, 0.05) is 43.2 Å². The van der Waals surface area contributed by atoms with E-state index in [0.29, 0.717) is 13.0 Å². The van der Waals surface area contributed by atoms with Crippen molar-refractivity contribution < 1.29 is 22.5 Å². The number of sulfonamides is 1. The molecule has 2 aromatic rings. The molecule has 1 heterocycles. The molecule has 0 unspecified atom stereocenters. The van der Waals surface area contributed by atoms with Gasteiger partial charge in [0.2, 0.25) is 15.9 Å². The minimum atomic E-state index is -3.75. The van der Waals surface area contributed by atoms with Crippen molar-refractivity contribution in [3.8, 4) is 0 Å². The first kappa shape index (κ1) is 22.2. The highest BCUT2D eigenvalue weighted by Crippen LogP contribution is 2.23. The molecule has 160 valence electrons. The summed E-state index contributed by atoms with van der Waals surface area (Å²) in [6.45, 7) is 1.14. The molecule has 1 aliphatic heterocycles. The number of halogens is 1. The fourth-order valence-electron chi connectivity index (χ4n) is 3.04. The van der Waals surface area contributed by atoms with Crippen LogP contribution in [-0.4, -0.2) is 60.4 Å². The Hall–Kier alpha value is -2.50. The first-order valence-corrected chi connectivity index (χ1v) is 11.6. The van der Waals surface area contributed by atoms with E-state index in [9.17, 15) is 27.7 Å². The van der Waals surface area contributed by atoms with Gasteiger partial charge >= 0.3 is 0 Å². The minimum Gasteiger partial charge on any atom is -0.341 e. The van der Waals surface area contributed by atoms with E-state index >= 15 is 0 Å². The molecule has 30 heavy (non-hydrogen) atoms. The maximum atomic E-state index is 13.1. The van der Waals surface area contributed by atoms with Gasteiger partial charge in [-0.25, -0.2) is 12.8 Å². The Balaban J connectivity index is 1.57. The van der Waals surface area contributed by atoms with E-state index in [1.54, 1.807) is 17.0 Å². The van der Waals surface area contributed by atoms with Crippen LogP contribution in [0.1, 0.15) is 6.42 Å². The minimum absolute atomic E-state index is 0.0133. The third-order valence-corrected chi connectivity index (χ3v) is 7.58. The van der Waals surface area contributed by atoms with Gasteiger partial charge in [0.25, 0.3) is 5.69 Å². The lowest BCUT2D eigenvalue weighted by atomic mass is 10.3. The van der Waals surface area contributed by atoms with Gasteiger partial charge in [-0.1, -0.05) is 0 Å². The molecule has 0 spiro atoms. The molecule has 3 rings (SSSR count). The smallest absolute Gasteiger partial charge is 0.269 e. The summed E-state index contributed by atoms with van der Waals surface area (Å²) in [5.41, 5.74) is -0.0133. The molecular formula is C19H20FN3O5S2. The summed E-state index contributed by atoms with van der Waals surface area (Å²) in [5.74, 6) is -0.478. The molecule has 8 nitrogen and oxygen atoms in total. The zero-order valence-corrected chi connectivity index (χ0v) is 17.6. The molecule has 1 saturated heterocycles. The van der Waals surface area contributed by atoms with Crippen molar-refractivity contribution in [1.29, 1.82) is 0 Å². The van der Waals surface area contributed by atoms with Crippen LogP contribution in [0.4, 0.5) is 10.1 Å². The van der Waals surface area contributed by atoms with Crippen LogP contribution in [0, 0.1) is 15.9 Å². The molecule has 0 aromatic heterocycles. The highest BCUT2D eigenvalue weighted by Gasteiger charge is 2.28. The summed E-state index contributed by atoms with van der Waals surface area (Å²) < 4.78 is 39.9. The molecule has 0 N–H and O–H groups in total. The molecular weight excluding hydrogens is 433 g/mol. The van der Waals surface area contributed by atoms with Crippen molar-refractivity contribution in [3.05, 3.63) is 64.5 Å². The van der Waals surface area contributed by atoms with Gasteiger partial charge in [-0.05, 0) is 42.8 Å². The van der Waals surface area contributed by atoms with Gasteiger partial charge in [0.1, 0.15) is 5.82 Å². The van der Waals surface area contributed by atoms with Gasteiger partial charge in [0.05, 0.1) is 15.6 Å². The first-order chi connectivity index (χ1) is 14.3. The summed E-state index contributed by atoms with van der Waals surface area (Å²) in [5, 5.41) is 10.7. The second-order valence-corrected chi connectivity index (χ2v) is 9.62. The van der Waals surface area contributed by atoms with Crippen LogP contribution in [0.3, 0.4) is 0 Å². The number of nitro groups is 1. The van der Waals surface area contributed by atoms with Crippen molar-refractivity contribution >= 4 is 33.4 Å². The summed E-state index contributed by atoms with van der Waals surface area (Å²) in [6.07, 6.45) is 0.494. The van der Waals surface area contributed by atoms with Crippen LogP contribution in [0.15, 0.2) is 58.3 Å². The lowest BCUT2D eigenvalue weighted by Crippen LogP contribution is -2.38. The number of nitro benzene ring substituents is 1. The van der Waals surface area contributed by atoms with Crippen LogP contribution in [-0.2, 0) is 14.8 Å². The zero-order valence-electron chi connectivity index (χ0n) is 15.9.